The van der Waals surface area contributed by atoms with Gasteiger partial charge in [-0.2, -0.15) is 0 Å². The van der Waals surface area contributed by atoms with Crippen LogP contribution in [0, 0.1) is 5.41 Å². The third kappa shape index (κ3) is 3.93. The second kappa shape index (κ2) is 8.41. The van der Waals surface area contributed by atoms with Gasteiger partial charge in [0.2, 0.25) is 0 Å². The second-order valence-corrected chi connectivity index (χ2v) is 7.94. The molecule has 4 aromatic rings. The Labute approximate surface area is 185 Å². The SMILES string of the molecule is N=C(N)N1CCN(C(O)c2cccc(-c3cnc4[nH]c(-c5ccccc5)cc4c3)n2)CC1. The Morgan fingerprint density at radius 3 is 2.53 bits per heavy atom. The Morgan fingerprint density at radius 1 is 1.00 bits per heavy atom. The van der Waals surface area contributed by atoms with Crippen molar-refractivity contribution < 1.29 is 5.11 Å². The van der Waals surface area contributed by atoms with Crippen molar-refractivity contribution in [2.45, 2.75) is 6.23 Å². The van der Waals surface area contributed by atoms with Crippen molar-refractivity contribution in [1.29, 1.82) is 5.41 Å². The van der Waals surface area contributed by atoms with Gasteiger partial charge in [0.15, 0.2) is 12.2 Å². The van der Waals surface area contributed by atoms with Gasteiger partial charge in [-0.3, -0.25) is 10.3 Å². The molecular formula is C24H25N7O. The number of aliphatic hydroxyl groups excluding tert-OH is 1. The Balaban J connectivity index is 1.38. The lowest BCUT2D eigenvalue weighted by molar-refractivity contribution is -0.0206. The van der Waals surface area contributed by atoms with E-state index in [1.165, 1.54) is 0 Å². The van der Waals surface area contributed by atoms with Crippen LogP contribution >= 0.6 is 0 Å². The van der Waals surface area contributed by atoms with Gasteiger partial charge >= 0.3 is 0 Å². The molecular weight excluding hydrogens is 402 g/mol. The maximum Gasteiger partial charge on any atom is 0.188 e. The van der Waals surface area contributed by atoms with Gasteiger partial charge in [0, 0.05) is 49.0 Å². The number of aliphatic hydroxyl groups is 1. The highest BCUT2D eigenvalue weighted by Crippen LogP contribution is 2.27. The predicted octanol–water partition coefficient (Wildman–Crippen LogP) is 2.79. The van der Waals surface area contributed by atoms with Gasteiger partial charge in [-0.05, 0) is 29.8 Å². The van der Waals surface area contributed by atoms with Gasteiger partial charge in [-0.25, -0.2) is 9.97 Å². The molecule has 0 spiro atoms. The molecule has 1 aromatic carbocycles. The summed E-state index contributed by atoms with van der Waals surface area (Å²) in [5, 5.41) is 19.5. The van der Waals surface area contributed by atoms with Crippen molar-refractivity contribution in [3.8, 4) is 22.5 Å². The summed E-state index contributed by atoms with van der Waals surface area (Å²) in [5.41, 5.74) is 10.8. The summed E-state index contributed by atoms with van der Waals surface area (Å²) >= 11 is 0. The topological polar surface area (TPSA) is 118 Å². The van der Waals surface area contributed by atoms with Crippen LogP contribution in [-0.2, 0) is 0 Å². The Morgan fingerprint density at radius 2 is 1.78 bits per heavy atom. The van der Waals surface area contributed by atoms with Gasteiger partial charge in [-0.15, -0.1) is 0 Å². The quantitative estimate of drug-likeness (QED) is 0.294. The number of pyridine rings is 2. The molecule has 5 N–H and O–H groups in total. The summed E-state index contributed by atoms with van der Waals surface area (Å²) in [6.45, 7) is 2.46. The fraction of sp³-hybridized carbons (Fsp3) is 0.208. The summed E-state index contributed by atoms with van der Waals surface area (Å²) in [6.07, 6.45) is 0.996. The Hall–Kier alpha value is -3.75. The number of nitrogens with zero attached hydrogens (tertiary/aromatic N) is 4. The molecule has 32 heavy (non-hydrogen) atoms. The van der Waals surface area contributed by atoms with Crippen LogP contribution in [-0.4, -0.2) is 62.0 Å². The van der Waals surface area contributed by atoms with Crippen LogP contribution in [0.5, 0.6) is 0 Å². The summed E-state index contributed by atoms with van der Waals surface area (Å²) in [4.78, 5) is 16.4. The molecule has 1 atom stereocenters. The molecule has 0 saturated carbocycles. The van der Waals surface area contributed by atoms with E-state index in [4.69, 9.17) is 16.1 Å². The molecule has 1 aliphatic rings. The van der Waals surface area contributed by atoms with Crippen molar-refractivity contribution in [2.24, 2.45) is 5.73 Å². The van der Waals surface area contributed by atoms with E-state index < -0.39 is 6.23 Å². The largest absolute Gasteiger partial charge is 0.372 e. The van der Waals surface area contributed by atoms with Crippen LogP contribution in [0.1, 0.15) is 11.9 Å². The van der Waals surface area contributed by atoms with Crippen LogP contribution in [0.2, 0.25) is 0 Å². The number of H-pyrrole nitrogens is 1. The lowest BCUT2D eigenvalue weighted by atomic mass is 10.1. The zero-order chi connectivity index (χ0) is 22.1. The van der Waals surface area contributed by atoms with Crippen LogP contribution < -0.4 is 5.73 Å². The number of nitrogens with two attached hydrogens (primary N) is 1. The fourth-order valence-corrected chi connectivity index (χ4v) is 4.08. The van der Waals surface area contributed by atoms with Gasteiger partial charge in [0.1, 0.15) is 5.65 Å². The molecule has 1 unspecified atom stereocenters. The highest BCUT2D eigenvalue weighted by atomic mass is 16.3. The highest BCUT2D eigenvalue weighted by Gasteiger charge is 2.25. The highest BCUT2D eigenvalue weighted by molar-refractivity contribution is 5.86. The summed E-state index contributed by atoms with van der Waals surface area (Å²) in [7, 11) is 0. The van der Waals surface area contributed by atoms with E-state index in [-0.39, 0.29) is 5.96 Å². The molecule has 1 aliphatic heterocycles. The smallest absolute Gasteiger partial charge is 0.188 e. The number of hydrogen-bond donors (Lipinski definition) is 4. The van der Waals surface area contributed by atoms with Crippen LogP contribution in [0.15, 0.2) is 66.9 Å². The fourth-order valence-electron chi connectivity index (χ4n) is 4.08. The molecule has 8 nitrogen and oxygen atoms in total. The van der Waals surface area contributed by atoms with Crippen LogP contribution in [0.3, 0.4) is 0 Å². The number of piperazine rings is 1. The van der Waals surface area contributed by atoms with Crippen molar-refractivity contribution in [1.82, 2.24) is 24.8 Å². The molecule has 1 fully saturated rings. The Kier molecular flexibility index (Phi) is 5.30. The summed E-state index contributed by atoms with van der Waals surface area (Å²) in [6, 6.07) is 20.0. The molecule has 0 radical (unpaired) electrons. The molecule has 5 rings (SSSR count). The molecule has 0 bridgehead atoms. The van der Waals surface area contributed by atoms with E-state index in [0.29, 0.717) is 31.9 Å². The number of aromatic amines is 1. The number of hydrogen-bond acceptors (Lipinski definition) is 5. The number of nitrogens with one attached hydrogen (secondary N) is 2. The normalized spacial score (nSPS) is 15.7. The number of aromatic nitrogens is 3. The van der Waals surface area contributed by atoms with Crippen molar-refractivity contribution in [2.75, 3.05) is 26.2 Å². The standard InChI is InChI=1S/C24H25N7O/c25-24(26)31-11-9-30(10-12-31)23(32)20-8-4-7-19(28-20)18-13-17-14-21(29-22(17)27-15-18)16-5-2-1-3-6-16/h1-8,13-15,23,32H,9-12H2,(H3,25,26)(H,27,29). The molecule has 0 amide bonds. The van der Waals surface area contributed by atoms with Gasteiger partial charge < -0.3 is 20.7 Å². The van der Waals surface area contributed by atoms with E-state index in [2.05, 4.69) is 34.2 Å². The summed E-state index contributed by atoms with van der Waals surface area (Å²) < 4.78 is 0. The maximum absolute atomic E-state index is 10.9. The average Bonchev–Trinajstić information content (AvgIpc) is 3.28. The molecule has 8 heteroatoms. The minimum Gasteiger partial charge on any atom is -0.372 e. The average molecular weight is 428 g/mol. The van der Waals surface area contributed by atoms with Gasteiger partial charge in [0.25, 0.3) is 0 Å². The summed E-state index contributed by atoms with van der Waals surface area (Å²) in [5.74, 6) is 0.0716. The zero-order valence-corrected chi connectivity index (χ0v) is 17.6. The molecule has 1 saturated heterocycles. The Bertz CT molecular complexity index is 1250. The third-order valence-electron chi connectivity index (χ3n) is 5.89. The maximum atomic E-state index is 10.9. The monoisotopic (exact) mass is 427 g/mol. The minimum absolute atomic E-state index is 0.0716. The first-order valence-electron chi connectivity index (χ1n) is 10.6. The van der Waals surface area contributed by atoms with Crippen LogP contribution in [0.4, 0.5) is 0 Å². The zero-order valence-electron chi connectivity index (χ0n) is 17.6. The van der Waals surface area contributed by atoms with E-state index in [1.807, 2.05) is 41.3 Å². The van der Waals surface area contributed by atoms with Crippen molar-refractivity contribution >= 4 is 17.0 Å². The number of benzene rings is 1. The number of rotatable bonds is 4. The van der Waals surface area contributed by atoms with Crippen molar-refractivity contribution in [3.05, 3.63) is 72.6 Å². The van der Waals surface area contributed by atoms with Crippen molar-refractivity contribution in [3.63, 3.8) is 0 Å². The van der Waals surface area contributed by atoms with E-state index in [1.54, 1.807) is 11.1 Å². The second-order valence-electron chi connectivity index (χ2n) is 7.94. The van der Waals surface area contributed by atoms with Gasteiger partial charge in [0.05, 0.1) is 11.4 Å². The molecule has 162 valence electrons. The van der Waals surface area contributed by atoms with Gasteiger partial charge in [-0.1, -0.05) is 36.4 Å². The first-order valence-corrected chi connectivity index (χ1v) is 10.6. The predicted molar refractivity (Wildman–Crippen MR) is 125 cm³/mol. The number of fused-ring (bicyclic) bond motifs is 1. The lowest BCUT2D eigenvalue weighted by Gasteiger charge is -2.37. The number of guanidine groups is 1. The minimum atomic E-state index is -0.808. The third-order valence-corrected chi connectivity index (χ3v) is 5.89. The first-order chi connectivity index (χ1) is 15.6. The van der Waals surface area contributed by atoms with Crippen LogP contribution in [0.25, 0.3) is 33.5 Å². The molecule has 4 heterocycles. The van der Waals surface area contributed by atoms with E-state index >= 15 is 0 Å². The molecule has 0 aliphatic carbocycles. The molecule has 3 aromatic heterocycles. The van der Waals surface area contributed by atoms with E-state index in [9.17, 15) is 5.11 Å². The lowest BCUT2D eigenvalue weighted by Crippen LogP contribution is -2.51. The van der Waals surface area contributed by atoms with E-state index in [0.717, 1.165) is 33.5 Å². The first kappa shape index (κ1) is 20.2.